The molecule has 0 radical (unpaired) electrons. The molecule has 7 nitrogen and oxygen atoms in total. The van der Waals surface area contributed by atoms with Crippen LogP contribution in [0.5, 0.6) is 5.75 Å². The second kappa shape index (κ2) is 8.73. The molecule has 0 aliphatic rings. The van der Waals surface area contributed by atoms with E-state index in [1.54, 1.807) is 12.1 Å². The number of aromatic nitrogens is 1. The van der Waals surface area contributed by atoms with Crippen LogP contribution in [-0.4, -0.2) is 19.4 Å². The molecule has 144 valence electrons. The van der Waals surface area contributed by atoms with Crippen molar-refractivity contribution in [3.63, 3.8) is 0 Å². The van der Waals surface area contributed by atoms with Crippen LogP contribution in [0.1, 0.15) is 5.56 Å². The van der Waals surface area contributed by atoms with E-state index in [4.69, 9.17) is 15.4 Å². The Kier molecular flexibility index (Phi) is 6.13. The number of anilines is 2. The molecular weight excluding hydrogens is 402 g/mol. The average molecular weight is 418 g/mol. The van der Waals surface area contributed by atoms with Gasteiger partial charge in [0, 0.05) is 22.6 Å². The van der Waals surface area contributed by atoms with Crippen LogP contribution in [-0.2, 0) is 15.7 Å². The number of benzene rings is 2. The first-order valence-electron chi connectivity index (χ1n) is 8.16. The maximum absolute atomic E-state index is 12.2. The summed E-state index contributed by atoms with van der Waals surface area (Å²) in [4.78, 5) is 16.3. The molecular formula is C19H16ClN3O4S. The zero-order chi connectivity index (χ0) is 20.0. The van der Waals surface area contributed by atoms with Crippen molar-refractivity contribution in [3.8, 4) is 5.75 Å². The highest BCUT2D eigenvalue weighted by molar-refractivity contribution is 8.13. The number of rotatable bonds is 6. The SMILES string of the molecule is O=C(Nc1ccc(S(=O)(=O)Cl)cc1)Nc1ncccc1OCc1ccccc1. The van der Waals surface area contributed by atoms with Crippen molar-refractivity contribution in [1.29, 1.82) is 0 Å². The minimum absolute atomic E-state index is 0.0542. The second-order valence-corrected chi connectivity index (χ2v) is 8.23. The Hall–Kier alpha value is -3.10. The van der Waals surface area contributed by atoms with Crippen LogP contribution < -0.4 is 15.4 Å². The number of hydrogen-bond donors (Lipinski definition) is 2. The van der Waals surface area contributed by atoms with E-state index in [0.29, 0.717) is 18.0 Å². The van der Waals surface area contributed by atoms with Gasteiger partial charge < -0.3 is 10.1 Å². The van der Waals surface area contributed by atoms with Crippen LogP contribution in [0.15, 0.2) is 77.8 Å². The number of nitrogens with zero attached hydrogens (tertiary/aromatic N) is 1. The monoisotopic (exact) mass is 417 g/mol. The van der Waals surface area contributed by atoms with E-state index in [0.717, 1.165) is 5.56 Å². The fraction of sp³-hybridized carbons (Fsp3) is 0.0526. The Labute approximate surface area is 166 Å². The Balaban J connectivity index is 1.64. The predicted molar refractivity (Wildman–Crippen MR) is 107 cm³/mol. The molecule has 3 rings (SSSR count). The van der Waals surface area contributed by atoms with Crippen molar-refractivity contribution < 1.29 is 17.9 Å². The minimum atomic E-state index is -3.81. The van der Waals surface area contributed by atoms with Crippen LogP contribution in [0.4, 0.5) is 16.3 Å². The van der Waals surface area contributed by atoms with Gasteiger partial charge in [0.15, 0.2) is 11.6 Å². The van der Waals surface area contributed by atoms with E-state index in [2.05, 4.69) is 15.6 Å². The molecule has 0 atom stereocenters. The molecule has 2 amide bonds. The maximum Gasteiger partial charge on any atom is 0.324 e. The summed E-state index contributed by atoms with van der Waals surface area (Å²) in [7, 11) is 1.45. The number of carbonyl (C=O) groups excluding carboxylic acids is 1. The number of halogens is 1. The third-order valence-electron chi connectivity index (χ3n) is 3.63. The molecule has 3 aromatic rings. The molecule has 28 heavy (non-hydrogen) atoms. The van der Waals surface area contributed by atoms with Crippen molar-refractivity contribution in [2.45, 2.75) is 11.5 Å². The fourth-order valence-corrected chi connectivity index (χ4v) is 3.08. The molecule has 0 aliphatic heterocycles. The number of amides is 2. The van der Waals surface area contributed by atoms with Gasteiger partial charge in [0.05, 0.1) is 4.90 Å². The van der Waals surface area contributed by atoms with Crippen molar-refractivity contribution in [2.75, 3.05) is 10.6 Å². The summed E-state index contributed by atoms with van der Waals surface area (Å²) in [6.45, 7) is 0.331. The van der Waals surface area contributed by atoms with E-state index in [1.165, 1.54) is 30.5 Å². The van der Waals surface area contributed by atoms with Gasteiger partial charge in [0.25, 0.3) is 9.05 Å². The van der Waals surface area contributed by atoms with Crippen LogP contribution >= 0.6 is 10.7 Å². The molecule has 0 fully saturated rings. The lowest BCUT2D eigenvalue weighted by Crippen LogP contribution is -2.20. The Morgan fingerprint density at radius 1 is 0.964 bits per heavy atom. The Morgan fingerprint density at radius 2 is 1.68 bits per heavy atom. The minimum Gasteiger partial charge on any atom is -0.485 e. The van der Waals surface area contributed by atoms with Gasteiger partial charge in [-0.3, -0.25) is 5.32 Å². The summed E-state index contributed by atoms with van der Waals surface area (Å²) in [5, 5.41) is 5.20. The van der Waals surface area contributed by atoms with Gasteiger partial charge in [0.2, 0.25) is 0 Å². The van der Waals surface area contributed by atoms with E-state index in [1.807, 2.05) is 30.3 Å². The summed E-state index contributed by atoms with van der Waals surface area (Å²) < 4.78 is 28.2. The van der Waals surface area contributed by atoms with Gasteiger partial charge >= 0.3 is 6.03 Å². The number of ether oxygens (including phenoxy) is 1. The lowest BCUT2D eigenvalue weighted by atomic mass is 10.2. The largest absolute Gasteiger partial charge is 0.485 e. The molecule has 1 aromatic heterocycles. The first-order valence-corrected chi connectivity index (χ1v) is 10.5. The van der Waals surface area contributed by atoms with Gasteiger partial charge in [-0.05, 0) is 42.0 Å². The van der Waals surface area contributed by atoms with Crippen LogP contribution in [0.3, 0.4) is 0 Å². The van der Waals surface area contributed by atoms with Gasteiger partial charge in [-0.25, -0.2) is 18.2 Å². The van der Waals surface area contributed by atoms with E-state index >= 15 is 0 Å². The molecule has 0 unspecified atom stereocenters. The third kappa shape index (κ3) is 5.45. The van der Waals surface area contributed by atoms with Crippen molar-refractivity contribution in [3.05, 3.63) is 78.5 Å². The summed E-state index contributed by atoms with van der Waals surface area (Å²) in [6.07, 6.45) is 1.53. The van der Waals surface area contributed by atoms with Crippen molar-refractivity contribution in [1.82, 2.24) is 4.98 Å². The number of carbonyl (C=O) groups is 1. The summed E-state index contributed by atoms with van der Waals surface area (Å²) in [5.74, 6) is 0.681. The van der Waals surface area contributed by atoms with Gasteiger partial charge in [-0.1, -0.05) is 30.3 Å². The number of nitrogens with one attached hydrogen (secondary N) is 2. The summed E-state index contributed by atoms with van der Waals surface area (Å²) >= 11 is 0. The highest BCUT2D eigenvalue weighted by Crippen LogP contribution is 2.23. The first kappa shape index (κ1) is 19.7. The smallest absolute Gasteiger partial charge is 0.324 e. The third-order valence-corrected chi connectivity index (χ3v) is 5.00. The summed E-state index contributed by atoms with van der Waals surface area (Å²) in [6, 6.07) is 17.9. The normalized spacial score (nSPS) is 10.9. The predicted octanol–water partition coefficient (Wildman–Crippen LogP) is 4.23. The molecule has 0 aliphatic carbocycles. The second-order valence-electron chi connectivity index (χ2n) is 5.67. The molecule has 2 N–H and O–H groups in total. The first-order chi connectivity index (χ1) is 13.4. The molecule has 0 saturated carbocycles. The number of pyridine rings is 1. The highest BCUT2D eigenvalue weighted by Gasteiger charge is 2.12. The topological polar surface area (TPSA) is 97.4 Å². The maximum atomic E-state index is 12.2. The zero-order valence-electron chi connectivity index (χ0n) is 14.5. The van der Waals surface area contributed by atoms with E-state index < -0.39 is 15.1 Å². The molecule has 1 heterocycles. The van der Waals surface area contributed by atoms with Gasteiger partial charge in [0.1, 0.15) is 6.61 Å². The molecule has 0 spiro atoms. The van der Waals surface area contributed by atoms with E-state index in [9.17, 15) is 13.2 Å². The zero-order valence-corrected chi connectivity index (χ0v) is 16.1. The van der Waals surface area contributed by atoms with Crippen molar-refractivity contribution in [2.24, 2.45) is 0 Å². The lowest BCUT2D eigenvalue weighted by Gasteiger charge is -2.12. The van der Waals surface area contributed by atoms with E-state index in [-0.39, 0.29) is 10.7 Å². The van der Waals surface area contributed by atoms with Crippen LogP contribution in [0.25, 0.3) is 0 Å². The molecule has 0 bridgehead atoms. The highest BCUT2D eigenvalue weighted by atomic mass is 35.7. The van der Waals surface area contributed by atoms with Gasteiger partial charge in [-0.2, -0.15) is 0 Å². The number of urea groups is 1. The average Bonchev–Trinajstić information content (AvgIpc) is 2.68. The molecule has 0 saturated heterocycles. The van der Waals surface area contributed by atoms with Gasteiger partial charge in [-0.15, -0.1) is 0 Å². The van der Waals surface area contributed by atoms with Crippen molar-refractivity contribution >= 4 is 37.3 Å². The Bertz CT molecular complexity index is 1060. The quantitative estimate of drug-likeness (QED) is 0.585. The molecule has 9 heteroatoms. The lowest BCUT2D eigenvalue weighted by molar-refractivity contribution is 0.261. The van der Waals surface area contributed by atoms with Crippen LogP contribution in [0, 0.1) is 0 Å². The standard InChI is InChI=1S/C19H16ClN3O4S/c20-28(25,26)16-10-8-15(9-11-16)22-19(24)23-18-17(7-4-12-21-18)27-13-14-5-2-1-3-6-14/h1-12H,13H2,(H2,21,22,23,24). The summed E-state index contributed by atoms with van der Waals surface area (Å²) in [5.41, 5.74) is 1.38. The Morgan fingerprint density at radius 3 is 2.36 bits per heavy atom. The molecule has 2 aromatic carbocycles. The fourth-order valence-electron chi connectivity index (χ4n) is 2.31. The van der Waals surface area contributed by atoms with Crippen LogP contribution in [0.2, 0.25) is 0 Å². The number of hydrogen-bond acceptors (Lipinski definition) is 5.